The monoisotopic (exact) mass is 348 g/mol. The zero-order valence-electron chi connectivity index (χ0n) is 15.6. The maximum absolute atomic E-state index is 6.72. The lowest BCUT2D eigenvalue weighted by atomic mass is 10.4. The molecule has 0 bridgehead atoms. The highest BCUT2D eigenvalue weighted by Crippen LogP contribution is 2.46. The van der Waals surface area contributed by atoms with Gasteiger partial charge in [-0.05, 0) is 36.3 Å². The second-order valence-corrected chi connectivity index (χ2v) is 18.8. The molecule has 6 heteroatoms. The number of rotatable bonds is 6. The molecule has 0 radical (unpaired) electrons. The summed E-state index contributed by atoms with van der Waals surface area (Å²) in [5, 5.41) is 0. The molecular weight excluding hydrogens is 312 g/mol. The van der Waals surface area contributed by atoms with Gasteiger partial charge in [0, 0.05) is 0 Å². The molecule has 0 aromatic heterocycles. The van der Waals surface area contributed by atoms with E-state index in [1.807, 2.05) is 0 Å². The van der Waals surface area contributed by atoms with Gasteiger partial charge < -0.3 is 12.3 Å². The van der Waals surface area contributed by atoms with Crippen LogP contribution in [-0.2, 0) is 12.3 Å². The maximum Gasteiger partial charge on any atom is 0.320 e. The smallest absolute Gasteiger partial charge is 0.320 e. The molecule has 0 aliphatic carbocycles. The van der Waals surface area contributed by atoms with E-state index in [1.165, 1.54) is 0 Å². The van der Waals surface area contributed by atoms with Crippen molar-refractivity contribution >= 4 is 25.7 Å². The summed E-state index contributed by atoms with van der Waals surface area (Å²) >= 11 is 0. The fourth-order valence-electron chi connectivity index (χ4n) is 2.99. The Kier molecular flexibility index (Phi) is 6.49. The molecule has 1 saturated heterocycles. The van der Waals surface area contributed by atoms with Crippen LogP contribution < -0.4 is 0 Å². The molecule has 0 saturated carbocycles. The summed E-state index contributed by atoms with van der Waals surface area (Å²) in [6, 6.07) is 0. The van der Waals surface area contributed by atoms with Crippen LogP contribution in [0.4, 0.5) is 0 Å². The Balaban J connectivity index is 3.22. The highest BCUT2D eigenvalue weighted by molar-refractivity contribution is 6.94. The zero-order valence-corrected chi connectivity index (χ0v) is 18.6. The van der Waals surface area contributed by atoms with Gasteiger partial charge in [-0.2, -0.15) is 0 Å². The van der Waals surface area contributed by atoms with Gasteiger partial charge in [-0.15, -0.1) is 0 Å². The molecule has 3 nitrogen and oxygen atoms in total. The molecule has 0 amide bonds. The van der Waals surface area contributed by atoms with Crippen molar-refractivity contribution in [1.29, 1.82) is 0 Å². The molecule has 0 aromatic carbocycles. The highest BCUT2D eigenvalue weighted by Gasteiger charge is 2.61. The fraction of sp³-hybridized carbons (Fsp3) is 1.00. The van der Waals surface area contributed by atoms with E-state index in [4.69, 9.17) is 12.3 Å². The number of hydrogen-bond donors (Lipinski definition) is 0. The lowest BCUT2D eigenvalue weighted by Crippen LogP contribution is -2.70. The van der Waals surface area contributed by atoms with E-state index in [9.17, 15) is 0 Å². The average Bonchev–Trinajstić information content (AvgIpc) is 2.42. The Hall–Kier alpha value is 0.531. The van der Waals surface area contributed by atoms with Gasteiger partial charge in [-0.25, -0.2) is 0 Å². The molecule has 1 aliphatic rings. The summed E-state index contributed by atoms with van der Waals surface area (Å²) < 4.78 is 20.2. The van der Waals surface area contributed by atoms with Gasteiger partial charge >= 0.3 is 25.7 Å². The SMILES string of the molecule is CCC(C)[Si]1(C)O[Si](C)(C(C)CC)O[Si](C)(C(C)CC)O1. The van der Waals surface area contributed by atoms with Crippen molar-refractivity contribution < 1.29 is 12.3 Å². The summed E-state index contributed by atoms with van der Waals surface area (Å²) in [5.74, 6) is 0. The Morgan fingerprint density at radius 2 is 0.762 bits per heavy atom. The fourth-order valence-corrected chi connectivity index (χ4v) is 21.3. The van der Waals surface area contributed by atoms with Crippen LogP contribution in [0.2, 0.25) is 36.3 Å². The van der Waals surface area contributed by atoms with Crippen molar-refractivity contribution in [1.82, 2.24) is 0 Å². The van der Waals surface area contributed by atoms with Crippen molar-refractivity contribution in [2.24, 2.45) is 0 Å². The third-order valence-corrected chi connectivity index (χ3v) is 22.1. The van der Waals surface area contributed by atoms with Crippen LogP contribution in [0.3, 0.4) is 0 Å². The molecule has 126 valence electrons. The van der Waals surface area contributed by atoms with E-state index >= 15 is 0 Å². The van der Waals surface area contributed by atoms with Crippen LogP contribution in [-0.4, -0.2) is 25.7 Å². The second kappa shape index (κ2) is 6.97. The van der Waals surface area contributed by atoms with Crippen LogP contribution in [0.25, 0.3) is 0 Å². The van der Waals surface area contributed by atoms with Crippen LogP contribution in [0, 0.1) is 0 Å². The number of hydrogen-bond acceptors (Lipinski definition) is 3. The van der Waals surface area contributed by atoms with E-state index in [-0.39, 0.29) is 0 Å². The Morgan fingerprint density at radius 3 is 0.905 bits per heavy atom. The van der Waals surface area contributed by atoms with Gasteiger partial charge in [0.05, 0.1) is 0 Å². The molecule has 3 unspecified atom stereocenters. The lowest BCUT2D eigenvalue weighted by Gasteiger charge is -2.55. The minimum absolute atomic E-state index is 0.521. The largest absolute Gasteiger partial charge is 0.415 e. The van der Waals surface area contributed by atoms with Gasteiger partial charge in [0.15, 0.2) is 0 Å². The maximum atomic E-state index is 6.72. The molecule has 1 aliphatic heterocycles. The molecule has 1 rings (SSSR count). The first-order valence-electron chi connectivity index (χ1n) is 8.67. The standard InChI is InChI=1S/C15H36O3Si3/c1-10-13(4)19(7)16-20(8,14(5)11-2)18-21(9,17-19)15(6)12-3/h13-15H,10-12H2,1-9H3. The van der Waals surface area contributed by atoms with Gasteiger partial charge in [0.2, 0.25) is 0 Å². The molecule has 3 atom stereocenters. The van der Waals surface area contributed by atoms with E-state index < -0.39 is 25.7 Å². The molecule has 1 heterocycles. The van der Waals surface area contributed by atoms with Crippen LogP contribution >= 0.6 is 0 Å². The first-order chi connectivity index (χ1) is 9.57. The highest BCUT2D eigenvalue weighted by atomic mass is 28.5. The molecule has 21 heavy (non-hydrogen) atoms. The van der Waals surface area contributed by atoms with Crippen LogP contribution in [0.5, 0.6) is 0 Å². The average molecular weight is 349 g/mol. The summed E-state index contributed by atoms with van der Waals surface area (Å²) in [7, 11) is -6.51. The molecular formula is C15H36O3Si3. The van der Waals surface area contributed by atoms with E-state index in [0.29, 0.717) is 16.6 Å². The zero-order chi connectivity index (χ0) is 16.5. The predicted molar refractivity (Wildman–Crippen MR) is 97.3 cm³/mol. The normalized spacial score (nSPS) is 41.6. The van der Waals surface area contributed by atoms with Gasteiger partial charge in [0.25, 0.3) is 0 Å². The van der Waals surface area contributed by atoms with E-state index in [2.05, 4.69) is 61.2 Å². The second-order valence-electron chi connectivity index (χ2n) is 7.28. The predicted octanol–water partition coefficient (Wildman–Crippen LogP) is 5.67. The van der Waals surface area contributed by atoms with Gasteiger partial charge in [-0.1, -0.05) is 60.8 Å². The van der Waals surface area contributed by atoms with Crippen molar-refractivity contribution in [3.8, 4) is 0 Å². The molecule has 1 fully saturated rings. The minimum atomic E-state index is -2.17. The minimum Gasteiger partial charge on any atom is -0.415 e. The third kappa shape index (κ3) is 3.90. The van der Waals surface area contributed by atoms with Crippen LogP contribution in [0.1, 0.15) is 60.8 Å². The Labute approximate surface area is 135 Å². The summed E-state index contributed by atoms with van der Waals surface area (Å²) in [6.45, 7) is 20.5. The Morgan fingerprint density at radius 1 is 0.571 bits per heavy atom. The molecule has 0 N–H and O–H groups in total. The first-order valence-corrected chi connectivity index (χ1v) is 15.9. The van der Waals surface area contributed by atoms with Crippen molar-refractivity contribution in [3.63, 3.8) is 0 Å². The molecule has 0 aromatic rings. The Bertz CT molecular complexity index is 293. The quantitative estimate of drug-likeness (QED) is 0.579. The van der Waals surface area contributed by atoms with Crippen molar-refractivity contribution in [3.05, 3.63) is 0 Å². The summed E-state index contributed by atoms with van der Waals surface area (Å²) in [6.07, 6.45) is 3.37. The summed E-state index contributed by atoms with van der Waals surface area (Å²) in [5.41, 5.74) is 1.56. The topological polar surface area (TPSA) is 27.7 Å². The summed E-state index contributed by atoms with van der Waals surface area (Å²) in [4.78, 5) is 0. The third-order valence-electron chi connectivity index (χ3n) is 5.74. The lowest BCUT2D eigenvalue weighted by molar-refractivity contribution is 0.199. The first kappa shape index (κ1) is 19.6. The van der Waals surface area contributed by atoms with Crippen molar-refractivity contribution in [2.45, 2.75) is 97.1 Å². The van der Waals surface area contributed by atoms with Gasteiger partial charge in [0.1, 0.15) is 0 Å². The van der Waals surface area contributed by atoms with Crippen molar-refractivity contribution in [2.75, 3.05) is 0 Å². The van der Waals surface area contributed by atoms with Crippen LogP contribution in [0.15, 0.2) is 0 Å². The van der Waals surface area contributed by atoms with Gasteiger partial charge in [-0.3, -0.25) is 0 Å². The van der Waals surface area contributed by atoms with E-state index in [0.717, 1.165) is 19.3 Å². The molecule has 0 spiro atoms. The van der Waals surface area contributed by atoms with E-state index in [1.54, 1.807) is 0 Å².